The number of aromatic nitrogens is 1. The third kappa shape index (κ3) is 3.12. The van der Waals surface area contributed by atoms with Gasteiger partial charge in [0.1, 0.15) is 0 Å². The summed E-state index contributed by atoms with van der Waals surface area (Å²) < 4.78 is 0. The SMILES string of the molecule is CC1(C)CCC(C)(C)c2cc(-c3cc(C4=CCNCC4)ccn3)ccc21. The zero-order valence-corrected chi connectivity index (χ0v) is 16.5. The number of rotatable bonds is 2. The van der Waals surface area contributed by atoms with Crippen LogP contribution in [0.4, 0.5) is 0 Å². The Bertz CT molecular complexity index is 858. The molecule has 26 heavy (non-hydrogen) atoms. The van der Waals surface area contributed by atoms with Gasteiger partial charge in [0.05, 0.1) is 5.69 Å². The molecule has 4 rings (SSSR count). The van der Waals surface area contributed by atoms with Crippen molar-refractivity contribution in [3.8, 4) is 11.3 Å². The molecule has 0 fully saturated rings. The molecule has 0 atom stereocenters. The van der Waals surface area contributed by atoms with Crippen LogP contribution in [0.1, 0.15) is 63.6 Å². The van der Waals surface area contributed by atoms with Crippen LogP contribution in [0.2, 0.25) is 0 Å². The van der Waals surface area contributed by atoms with E-state index >= 15 is 0 Å². The number of nitrogens with zero attached hydrogens (tertiary/aromatic N) is 1. The standard InChI is InChI=1S/C24H30N2/c1-23(2)10-11-24(3,4)21-15-19(5-6-20(21)23)22-16-18(9-14-26-22)17-7-12-25-13-8-17/h5-7,9,14-16,25H,8,10-13H2,1-4H3. The van der Waals surface area contributed by atoms with Gasteiger partial charge in [-0.15, -0.1) is 0 Å². The maximum atomic E-state index is 4.69. The van der Waals surface area contributed by atoms with E-state index in [2.05, 4.69) is 69.4 Å². The van der Waals surface area contributed by atoms with Crippen molar-refractivity contribution in [3.63, 3.8) is 0 Å². The topological polar surface area (TPSA) is 24.9 Å². The first-order valence-corrected chi connectivity index (χ1v) is 9.88. The average Bonchev–Trinajstić information content (AvgIpc) is 2.66. The van der Waals surface area contributed by atoms with Crippen LogP contribution in [0.5, 0.6) is 0 Å². The van der Waals surface area contributed by atoms with E-state index in [0.29, 0.717) is 0 Å². The van der Waals surface area contributed by atoms with Crippen LogP contribution in [0.15, 0.2) is 42.6 Å². The first kappa shape index (κ1) is 17.5. The van der Waals surface area contributed by atoms with Crippen LogP contribution < -0.4 is 5.32 Å². The average molecular weight is 347 g/mol. The Morgan fingerprint density at radius 3 is 2.38 bits per heavy atom. The predicted octanol–water partition coefficient (Wildman–Crippen LogP) is 5.47. The molecule has 1 N–H and O–H groups in total. The molecule has 0 saturated carbocycles. The molecule has 1 aliphatic carbocycles. The highest BCUT2D eigenvalue weighted by Crippen LogP contribution is 2.46. The minimum atomic E-state index is 0.232. The second-order valence-electron chi connectivity index (χ2n) is 9.14. The fourth-order valence-corrected chi connectivity index (χ4v) is 4.42. The van der Waals surface area contributed by atoms with E-state index in [-0.39, 0.29) is 10.8 Å². The Balaban J connectivity index is 1.77. The third-order valence-electron chi connectivity index (χ3n) is 6.34. The number of hydrogen-bond donors (Lipinski definition) is 1. The summed E-state index contributed by atoms with van der Waals surface area (Å²) >= 11 is 0. The highest BCUT2D eigenvalue weighted by molar-refractivity contribution is 5.72. The highest BCUT2D eigenvalue weighted by Gasteiger charge is 2.37. The Hall–Kier alpha value is -1.93. The van der Waals surface area contributed by atoms with Crippen LogP contribution in [0.25, 0.3) is 16.8 Å². The summed E-state index contributed by atoms with van der Waals surface area (Å²) in [5.74, 6) is 0. The van der Waals surface area contributed by atoms with E-state index < -0.39 is 0 Å². The first-order valence-electron chi connectivity index (χ1n) is 9.88. The van der Waals surface area contributed by atoms with E-state index in [4.69, 9.17) is 4.98 Å². The van der Waals surface area contributed by atoms with Crippen LogP contribution in [0, 0.1) is 0 Å². The highest BCUT2D eigenvalue weighted by atomic mass is 14.8. The first-order chi connectivity index (χ1) is 12.4. The van der Waals surface area contributed by atoms with Crippen molar-refractivity contribution >= 4 is 5.57 Å². The van der Waals surface area contributed by atoms with Crippen LogP contribution >= 0.6 is 0 Å². The van der Waals surface area contributed by atoms with Gasteiger partial charge in [0.25, 0.3) is 0 Å². The molecule has 1 aromatic carbocycles. The molecule has 2 heterocycles. The van der Waals surface area contributed by atoms with Crippen molar-refractivity contribution < 1.29 is 0 Å². The molecule has 2 aromatic rings. The summed E-state index contributed by atoms with van der Waals surface area (Å²) in [6.45, 7) is 11.6. The lowest BCUT2D eigenvalue weighted by Crippen LogP contribution is -2.33. The van der Waals surface area contributed by atoms with Gasteiger partial charge in [-0.3, -0.25) is 4.98 Å². The number of nitrogens with one attached hydrogen (secondary N) is 1. The lowest BCUT2D eigenvalue weighted by molar-refractivity contribution is 0.332. The van der Waals surface area contributed by atoms with Crippen molar-refractivity contribution in [2.24, 2.45) is 0 Å². The molecular weight excluding hydrogens is 316 g/mol. The molecule has 2 nitrogen and oxygen atoms in total. The maximum Gasteiger partial charge on any atom is 0.0708 e. The lowest BCUT2D eigenvalue weighted by Gasteiger charge is -2.42. The smallest absolute Gasteiger partial charge is 0.0708 e. The van der Waals surface area contributed by atoms with Crippen molar-refractivity contribution in [2.75, 3.05) is 13.1 Å². The van der Waals surface area contributed by atoms with E-state index in [9.17, 15) is 0 Å². The molecule has 2 aliphatic rings. The van der Waals surface area contributed by atoms with Crippen LogP contribution in [-0.4, -0.2) is 18.1 Å². The molecule has 136 valence electrons. The van der Waals surface area contributed by atoms with Crippen molar-refractivity contribution in [1.82, 2.24) is 10.3 Å². The van der Waals surface area contributed by atoms with Crippen molar-refractivity contribution in [3.05, 3.63) is 59.3 Å². The molecule has 1 aliphatic heterocycles. The van der Waals surface area contributed by atoms with Gasteiger partial charge in [0, 0.05) is 18.3 Å². The van der Waals surface area contributed by atoms with Gasteiger partial charge in [-0.05, 0) is 77.1 Å². The van der Waals surface area contributed by atoms with Gasteiger partial charge in [-0.1, -0.05) is 45.9 Å². The van der Waals surface area contributed by atoms with Gasteiger partial charge < -0.3 is 5.32 Å². The molecule has 0 saturated heterocycles. The van der Waals surface area contributed by atoms with Gasteiger partial charge in [0.2, 0.25) is 0 Å². The summed E-state index contributed by atoms with van der Waals surface area (Å²) in [4.78, 5) is 4.69. The second kappa shape index (κ2) is 6.35. The van der Waals surface area contributed by atoms with Gasteiger partial charge in [-0.2, -0.15) is 0 Å². The van der Waals surface area contributed by atoms with E-state index in [1.54, 1.807) is 0 Å². The summed E-state index contributed by atoms with van der Waals surface area (Å²) in [5, 5.41) is 3.39. The van der Waals surface area contributed by atoms with E-state index in [1.165, 1.54) is 40.7 Å². The lowest BCUT2D eigenvalue weighted by atomic mass is 9.63. The number of fused-ring (bicyclic) bond motifs is 1. The zero-order valence-electron chi connectivity index (χ0n) is 16.5. The molecule has 0 spiro atoms. The quantitative estimate of drug-likeness (QED) is 0.779. The Kier molecular flexibility index (Phi) is 4.27. The zero-order chi connectivity index (χ0) is 18.4. The molecule has 2 heteroatoms. The molecule has 1 aromatic heterocycles. The molecule has 0 unspecified atom stereocenters. The monoisotopic (exact) mass is 346 g/mol. The summed E-state index contributed by atoms with van der Waals surface area (Å²) in [6, 6.07) is 11.4. The Morgan fingerprint density at radius 2 is 1.65 bits per heavy atom. The second-order valence-corrected chi connectivity index (χ2v) is 9.14. The Morgan fingerprint density at radius 1 is 0.885 bits per heavy atom. The summed E-state index contributed by atoms with van der Waals surface area (Å²) in [7, 11) is 0. The Labute approximate surface area is 157 Å². The molecule has 0 radical (unpaired) electrons. The van der Waals surface area contributed by atoms with Gasteiger partial charge in [-0.25, -0.2) is 0 Å². The van der Waals surface area contributed by atoms with Crippen LogP contribution in [-0.2, 0) is 10.8 Å². The van der Waals surface area contributed by atoms with Crippen molar-refractivity contribution in [2.45, 2.75) is 57.8 Å². The van der Waals surface area contributed by atoms with Gasteiger partial charge in [0.15, 0.2) is 0 Å². The summed E-state index contributed by atoms with van der Waals surface area (Å²) in [5.41, 5.74) is 8.58. The predicted molar refractivity (Wildman–Crippen MR) is 110 cm³/mol. The number of hydrogen-bond acceptors (Lipinski definition) is 2. The number of pyridine rings is 1. The fraction of sp³-hybridized carbons (Fsp3) is 0.458. The van der Waals surface area contributed by atoms with E-state index in [1.807, 2.05) is 6.20 Å². The van der Waals surface area contributed by atoms with Crippen LogP contribution in [0.3, 0.4) is 0 Å². The summed E-state index contributed by atoms with van der Waals surface area (Å²) in [6.07, 6.45) is 7.85. The molecular formula is C24H30N2. The molecule has 0 amide bonds. The molecule has 0 bridgehead atoms. The van der Waals surface area contributed by atoms with E-state index in [0.717, 1.165) is 25.2 Å². The minimum absolute atomic E-state index is 0.232. The fourth-order valence-electron chi connectivity index (χ4n) is 4.42. The minimum Gasteiger partial charge on any atom is -0.313 e. The van der Waals surface area contributed by atoms with Gasteiger partial charge >= 0.3 is 0 Å². The largest absolute Gasteiger partial charge is 0.313 e. The maximum absolute atomic E-state index is 4.69. The number of benzene rings is 1. The third-order valence-corrected chi connectivity index (χ3v) is 6.34. The normalized spacial score (nSPS) is 21.0. The van der Waals surface area contributed by atoms with Crippen molar-refractivity contribution in [1.29, 1.82) is 0 Å².